The molecule has 64 valence electrons. The van der Waals surface area contributed by atoms with Crippen molar-refractivity contribution >= 4 is 10.1 Å². The number of rotatable bonds is 4. The summed E-state index contributed by atoms with van der Waals surface area (Å²) in [7, 11) is -3.95. The largest absolute Gasteiger partial charge is 1.00 e. The van der Waals surface area contributed by atoms with E-state index in [2.05, 4.69) is 0 Å². The van der Waals surface area contributed by atoms with Crippen molar-refractivity contribution in [2.45, 2.75) is 26.2 Å². The number of hydrogen-bond donors (Lipinski definition) is 0. The monoisotopic (exact) mass is 192 g/mol. The second kappa shape index (κ2) is 8.96. The van der Waals surface area contributed by atoms with Gasteiger partial charge in [0, 0.05) is 5.75 Å². The van der Waals surface area contributed by atoms with Crippen LogP contribution in [0.4, 0.5) is 0 Å². The zero-order valence-electron chi connectivity index (χ0n) is 6.96. The van der Waals surface area contributed by atoms with Crippen molar-refractivity contribution in [3.05, 3.63) is 0 Å². The summed E-state index contributed by atoms with van der Waals surface area (Å²) in [6.45, 7) is 1.96. The van der Waals surface area contributed by atoms with E-state index < -0.39 is 10.1 Å². The van der Waals surface area contributed by atoms with Crippen molar-refractivity contribution in [2.75, 3.05) is 5.75 Å². The Morgan fingerprint density at radius 1 is 1.27 bits per heavy atom. The van der Waals surface area contributed by atoms with E-state index in [0.29, 0.717) is 6.42 Å². The third kappa shape index (κ3) is 18.1. The third-order valence-corrected chi connectivity index (χ3v) is 1.79. The second-order valence-electron chi connectivity index (χ2n) is 1.97. The minimum Gasteiger partial charge on any atom is -0.748 e. The van der Waals surface area contributed by atoms with Gasteiger partial charge in [-0.1, -0.05) is 19.8 Å². The van der Waals surface area contributed by atoms with Crippen LogP contribution >= 0.6 is 0 Å². The Morgan fingerprint density at radius 2 is 1.73 bits per heavy atom. The normalized spacial score (nSPS) is 9.64. The topological polar surface area (TPSA) is 88.7 Å². The van der Waals surface area contributed by atoms with Crippen LogP contribution in [0.5, 0.6) is 0 Å². The molecule has 0 unspecified atom stereocenters. The molecule has 0 aromatic heterocycles. The van der Waals surface area contributed by atoms with Crippen LogP contribution in [0.3, 0.4) is 0 Å². The molecule has 0 rings (SSSR count). The van der Waals surface area contributed by atoms with Crippen molar-refractivity contribution in [3.8, 4) is 0 Å². The van der Waals surface area contributed by atoms with Crippen LogP contribution in [0.2, 0.25) is 0 Å². The first-order valence-electron chi connectivity index (χ1n) is 3.00. The van der Waals surface area contributed by atoms with Crippen molar-refractivity contribution in [1.29, 1.82) is 0 Å². The number of hydrogen-bond acceptors (Lipinski definition) is 3. The van der Waals surface area contributed by atoms with E-state index >= 15 is 0 Å². The summed E-state index contributed by atoms with van der Waals surface area (Å²) in [4.78, 5) is 0. The summed E-state index contributed by atoms with van der Waals surface area (Å²) in [5, 5.41) is 0. The Labute approximate surface area is 89.7 Å². The van der Waals surface area contributed by atoms with Crippen LogP contribution in [0.25, 0.3) is 0 Å². The minimum atomic E-state index is -3.95. The van der Waals surface area contributed by atoms with Gasteiger partial charge < -0.3 is 10.0 Å². The maximum atomic E-state index is 9.95. The van der Waals surface area contributed by atoms with Gasteiger partial charge in [-0.2, -0.15) is 0 Å². The molecular formula is C5H13NaO4S. The van der Waals surface area contributed by atoms with Crippen molar-refractivity contribution in [1.82, 2.24) is 0 Å². The molecule has 2 N–H and O–H groups in total. The van der Waals surface area contributed by atoms with Gasteiger partial charge in [0.15, 0.2) is 0 Å². The molecule has 0 aliphatic carbocycles. The molecule has 0 aliphatic rings. The average molecular weight is 192 g/mol. The molecule has 0 bridgehead atoms. The molecular weight excluding hydrogens is 179 g/mol. The van der Waals surface area contributed by atoms with Gasteiger partial charge in [0.1, 0.15) is 0 Å². The molecule has 0 spiro atoms. The molecule has 0 atom stereocenters. The van der Waals surface area contributed by atoms with Crippen LogP contribution in [0.1, 0.15) is 26.2 Å². The van der Waals surface area contributed by atoms with E-state index in [1.807, 2.05) is 6.92 Å². The fraction of sp³-hybridized carbons (Fsp3) is 1.00. The summed E-state index contributed by atoms with van der Waals surface area (Å²) >= 11 is 0. The molecule has 4 nitrogen and oxygen atoms in total. The fourth-order valence-electron chi connectivity index (χ4n) is 0.529. The predicted octanol–water partition coefficient (Wildman–Crippen LogP) is -3.10. The molecule has 0 aromatic rings. The van der Waals surface area contributed by atoms with Gasteiger partial charge in [-0.05, 0) is 6.42 Å². The molecule has 0 saturated carbocycles. The van der Waals surface area contributed by atoms with E-state index in [4.69, 9.17) is 0 Å². The van der Waals surface area contributed by atoms with E-state index in [-0.39, 0.29) is 40.8 Å². The summed E-state index contributed by atoms with van der Waals surface area (Å²) in [5.74, 6) is -0.208. The summed E-state index contributed by atoms with van der Waals surface area (Å²) in [6, 6.07) is 0. The van der Waals surface area contributed by atoms with Crippen molar-refractivity contribution in [3.63, 3.8) is 0 Å². The van der Waals surface area contributed by atoms with Crippen LogP contribution in [-0.4, -0.2) is 24.2 Å². The zero-order chi connectivity index (χ0) is 7.33. The molecule has 6 heteroatoms. The summed E-state index contributed by atoms with van der Waals surface area (Å²) in [6.07, 6.45) is 2.26. The fourth-order valence-corrected chi connectivity index (χ4v) is 1.09. The Hall–Kier alpha value is 0.870. The van der Waals surface area contributed by atoms with Gasteiger partial charge in [-0.15, -0.1) is 0 Å². The van der Waals surface area contributed by atoms with Gasteiger partial charge in [-0.3, -0.25) is 0 Å². The van der Waals surface area contributed by atoms with Crippen LogP contribution in [-0.2, 0) is 10.1 Å². The first-order valence-corrected chi connectivity index (χ1v) is 4.57. The molecule has 0 aliphatic heterocycles. The molecule has 0 radical (unpaired) electrons. The Balaban J connectivity index is -0.000000320. The van der Waals surface area contributed by atoms with E-state index in [1.54, 1.807) is 0 Å². The van der Waals surface area contributed by atoms with Gasteiger partial charge in [0.2, 0.25) is 0 Å². The van der Waals surface area contributed by atoms with Crippen molar-refractivity contribution in [2.24, 2.45) is 0 Å². The quantitative estimate of drug-likeness (QED) is 0.268. The van der Waals surface area contributed by atoms with E-state index in [1.165, 1.54) is 0 Å². The molecule has 0 heterocycles. The van der Waals surface area contributed by atoms with Crippen molar-refractivity contribution < 1.29 is 48.0 Å². The molecule has 0 amide bonds. The van der Waals surface area contributed by atoms with Crippen LogP contribution in [0, 0.1) is 0 Å². The van der Waals surface area contributed by atoms with Gasteiger partial charge in [-0.25, -0.2) is 8.42 Å². The standard InChI is InChI=1S/C5H12O3S.Na.H2O/c1-2-3-4-5-9(6,7)8;;/h2-5H2,1H3,(H,6,7,8);;1H2/q;+1;/p-1. The molecule has 11 heavy (non-hydrogen) atoms. The first-order chi connectivity index (χ1) is 4.06. The van der Waals surface area contributed by atoms with E-state index in [0.717, 1.165) is 12.8 Å². The first kappa shape index (κ1) is 17.8. The SMILES string of the molecule is CCCCCS(=O)(=O)[O-].O.[Na+]. The van der Waals surface area contributed by atoms with Crippen LogP contribution in [0.15, 0.2) is 0 Å². The Morgan fingerprint density at radius 3 is 2.00 bits per heavy atom. The van der Waals surface area contributed by atoms with E-state index in [9.17, 15) is 13.0 Å². The molecule has 0 aromatic carbocycles. The third-order valence-electron chi connectivity index (χ3n) is 0.998. The molecule has 0 fully saturated rings. The predicted molar refractivity (Wildman–Crippen MR) is 37.7 cm³/mol. The zero-order valence-corrected chi connectivity index (χ0v) is 9.78. The molecule has 0 saturated heterocycles. The Kier molecular flexibility index (Phi) is 14.5. The van der Waals surface area contributed by atoms with Gasteiger partial charge in [0.25, 0.3) is 0 Å². The maximum Gasteiger partial charge on any atom is 1.00 e. The summed E-state index contributed by atoms with van der Waals surface area (Å²) in [5.41, 5.74) is 0. The number of unbranched alkanes of at least 4 members (excludes halogenated alkanes) is 2. The maximum absolute atomic E-state index is 9.95. The second-order valence-corrected chi connectivity index (χ2v) is 3.49. The Bertz CT molecular complexity index is 154. The minimum absolute atomic E-state index is 0. The smallest absolute Gasteiger partial charge is 0.748 e. The van der Waals surface area contributed by atoms with Crippen LogP contribution < -0.4 is 29.6 Å². The average Bonchev–Trinajstić information content (AvgIpc) is 1.63. The summed E-state index contributed by atoms with van der Waals surface area (Å²) < 4.78 is 29.9. The van der Waals surface area contributed by atoms with Gasteiger partial charge >= 0.3 is 29.6 Å². The van der Waals surface area contributed by atoms with Gasteiger partial charge in [0.05, 0.1) is 10.1 Å².